The first-order valence-electron chi connectivity index (χ1n) is 8.75. The monoisotopic (exact) mass is 314 g/mol. The summed E-state index contributed by atoms with van der Waals surface area (Å²) in [6.45, 7) is 6.65. The van der Waals surface area contributed by atoms with Crippen LogP contribution in [0.3, 0.4) is 0 Å². The Morgan fingerprint density at radius 3 is 2.61 bits per heavy atom. The van der Waals surface area contributed by atoms with Crippen LogP contribution >= 0.6 is 0 Å². The highest BCUT2D eigenvalue weighted by Gasteiger charge is 2.48. The third-order valence-corrected chi connectivity index (χ3v) is 5.02. The molecule has 1 aromatic rings. The molecular formula is C21H30O2. The first-order chi connectivity index (χ1) is 11.3. The SMILES string of the molecule is C=C[C@H]1CC[C@@H](/C=C/c2ccccc2)[C@@]1(CCCC)OCOC. The van der Waals surface area contributed by atoms with E-state index in [-0.39, 0.29) is 5.60 Å². The van der Waals surface area contributed by atoms with Gasteiger partial charge in [0, 0.05) is 18.9 Å². The number of rotatable bonds is 9. The Morgan fingerprint density at radius 1 is 1.22 bits per heavy atom. The van der Waals surface area contributed by atoms with Crippen LogP contribution in [-0.2, 0) is 9.47 Å². The quantitative estimate of drug-likeness (QED) is 0.445. The summed E-state index contributed by atoms with van der Waals surface area (Å²) in [5.41, 5.74) is 1.07. The third-order valence-electron chi connectivity index (χ3n) is 5.02. The normalized spacial score (nSPS) is 27.6. The number of hydrogen-bond donors (Lipinski definition) is 0. The van der Waals surface area contributed by atoms with E-state index in [2.05, 4.69) is 56.0 Å². The lowest BCUT2D eigenvalue weighted by Gasteiger charge is -2.38. The summed E-state index contributed by atoms with van der Waals surface area (Å²) in [7, 11) is 1.69. The van der Waals surface area contributed by atoms with Crippen LogP contribution in [0, 0.1) is 11.8 Å². The Kier molecular flexibility index (Phi) is 7.07. The summed E-state index contributed by atoms with van der Waals surface area (Å²) in [5, 5.41) is 0. The van der Waals surface area contributed by atoms with Crippen LogP contribution in [0.25, 0.3) is 6.08 Å². The van der Waals surface area contributed by atoms with Gasteiger partial charge >= 0.3 is 0 Å². The summed E-state index contributed by atoms with van der Waals surface area (Å²) >= 11 is 0. The van der Waals surface area contributed by atoms with E-state index in [1.165, 1.54) is 18.4 Å². The smallest absolute Gasteiger partial charge is 0.147 e. The molecule has 0 heterocycles. The average molecular weight is 314 g/mol. The molecule has 0 N–H and O–H groups in total. The average Bonchev–Trinajstić information content (AvgIpc) is 2.95. The van der Waals surface area contributed by atoms with Crippen molar-refractivity contribution in [3.05, 3.63) is 54.6 Å². The molecule has 2 nitrogen and oxygen atoms in total. The lowest BCUT2D eigenvalue weighted by Crippen LogP contribution is -2.42. The van der Waals surface area contributed by atoms with E-state index in [4.69, 9.17) is 9.47 Å². The molecule has 1 aliphatic carbocycles. The molecule has 1 aromatic carbocycles. The maximum absolute atomic E-state index is 6.30. The molecule has 1 aliphatic rings. The van der Waals surface area contributed by atoms with Crippen LogP contribution in [0.15, 0.2) is 49.1 Å². The second-order valence-corrected chi connectivity index (χ2v) is 6.41. The van der Waals surface area contributed by atoms with Gasteiger partial charge < -0.3 is 9.47 Å². The zero-order valence-electron chi connectivity index (χ0n) is 14.5. The minimum Gasteiger partial charge on any atom is -0.359 e. The molecule has 2 rings (SSSR count). The molecule has 1 fully saturated rings. The van der Waals surface area contributed by atoms with Crippen molar-refractivity contribution in [2.24, 2.45) is 11.8 Å². The van der Waals surface area contributed by atoms with Crippen molar-refractivity contribution in [1.29, 1.82) is 0 Å². The second-order valence-electron chi connectivity index (χ2n) is 6.41. The van der Waals surface area contributed by atoms with Crippen molar-refractivity contribution in [2.75, 3.05) is 13.9 Å². The number of ether oxygens (including phenoxy) is 2. The zero-order valence-corrected chi connectivity index (χ0v) is 14.5. The van der Waals surface area contributed by atoms with Crippen molar-refractivity contribution in [2.45, 2.75) is 44.6 Å². The molecule has 126 valence electrons. The van der Waals surface area contributed by atoms with E-state index >= 15 is 0 Å². The van der Waals surface area contributed by atoms with Gasteiger partial charge in [0.1, 0.15) is 6.79 Å². The van der Waals surface area contributed by atoms with Gasteiger partial charge in [-0.15, -0.1) is 6.58 Å². The molecule has 0 aromatic heterocycles. The van der Waals surface area contributed by atoms with E-state index in [1.54, 1.807) is 7.11 Å². The second kappa shape index (κ2) is 9.05. The fourth-order valence-electron chi connectivity index (χ4n) is 3.77. The molecule has 2 heteroatoms. The van der Waals surface area contributed by atoms with Gasteiger partial charge in [0.15, 0.2) is 0 Å². The minimum absolute atomic E-state index is 0.168. The van der Waals surface area contributed by atoms with E-state index in [0.29, 0.717) is 18.6 Å². The summed E-state index contributed by atoms with van der Waals surface area (Å²) < 4.78 is 11.5. The van der Waals surface area contributed by atoms with Gasteiger partial charge in [-0.05, 0) is 24.8 Å². The largest absolute Gasteiger partial charge is 0.359 e. The highest BCUT2D eigenvalue weighted by molar-refractivity contribution is 5.49. The lowest BCUT2D eigenvalue weighted by atomic mass is 9.79. The Morgan fingerprint density at radius 2 is 1.96 bits per heavy atom. The van der Waals surface area contributed by atoms with Crippen LogP contribution in [0.4, 0.5) is 0 Å². The fourth-order valence-corrected chi connectivity index (χ4v) is 3.77. The molecule has 0 radical (unpaired) electrons. The molecule has 0 aliphatic heterocycles. The topological polar surface area (TPSA) is 18.5 Å². The van der Waals surface area contributed by atoms with Crippen molar-refractivity contribution in [3.63, 3.8) is 0 Å². The van der Waals surface area contributed by atoms with E-state index in [9.17, 15) is 0 Å². The summed E-state index contributed by atoms with van der Waals surface area (Å²) in [6, 6.07) is 10.5. The first kappa shape index (κ1) is 18.0. The number of unbranched alkanes of at least 4 members (excludes halogenated alkanes) is 1. The first-order valence-corrected chi connectivity index (χ1v) is 8.75. The van der Waals surface area contributed by atoms with Gasteiger partial charge in [-0.1, -0.05) is 68.3 Å². The van der Waals surface area contributed by atoms with Crippen LogP contribution in [0.2, 0.25) is 0 Å². The van der Waals surface area contributed by atoms with Crippen LogP contribution < -0.4 is 0 Å². The number of benzene rings is 1. The molecule has 3 atom stereocenters. The van der Waals surface area contributed by atoms with Gasteiger partial charge in [-0.2, -0.15) is 0 Å². The van der Waals surface area contributed by atoms with Crippen LogP contribution in [0.1, 0.15) is 44.6 Å². The van der Waals surface area contributed by atoms with Gasteiger partial charge in [0.25, 0.3) is 0 Å². The van der Waals surface area contributed by atoms with Crippen LogP contribution in [0.5, 0.6) is 0 Å². The molecule has 23 heavy (non-hydrogen) atoms. The van der Waals surface area contributed by atoms with Gasteiger partial charge in [0.05, 0.1) is 5.60 Å². The van der Waals surface area contributed by atoms with Crippen LogP contribution in [-0.4, -0.2) is 19.5 Å². The maximum Gasteiger partial charge on any atom is 0.147 e. The molecule has 0 amide bonds. The van der Waals surface area contributed by atoms with Gasteiger partial charge in [-0.3, -0.25) is 0 Å². The fraction of sp³-hybridized carbons (Fsp3) is 0.524. The van der Waals surface area contributed by atoms with E-state index in [0.717, 1.165) is 19.3 Å². The summed E-state index contributed by atoms with van der Waals surface area (Å²) in [4.78, 5) is 0. The Bertz CT molecular complexity index is 484. The van der Waals surface area contributed by atoms with E-state index < -0.39 is 0 Å². The highest BCUT2D eigenvalue weighted by atomic mass is 16.7. The van der Waals surface area contributed by atoms with Crippen molar-refractivity contribution in [1.82, 2.24) is 0 Å². The van der Waals surface area contributed by atoms with Crippen molar-refractivity contribution in [3.8, 4) is 0 Å². The molecule has 1 saturated carbocycles. The lowest BCUT2D eigenvalue weighted by molar-refractivity contribution is -0.157. The van der Waals surface area contributed by atoms with Gasteiger partial charge in [-0.25, -0.2) is 0 Å². The standard InChI is InChI=1S/C21H30O2/c1-4-6-16-21(23-17-22-3)19(5-2)14-15-20(21)13-12-18-10-8-7-9-11-18/h5,7-13,19-20H,2,4,6,14-17H2,1,3H3/b13-12+/t19-,20+,21-/m0/s1. The summed E-state index contributed by atoms with van der Waals surface area (Å²) in [5.74, 6) is 0.807. The van der Waals surface area contributed by atoms with Gasteiger partial charge in [0.2, 0.25) is 0 Å². The zero-order chi connectivity index (χ0) is 16.5. The minimum atomic E-state index is -0.168. The highest BCUT2D eigenvalue weighted by Crippen LogP contribution is 2.48. The molecule has 0 spiro atoms. The molecule has 0 unspecified atom stereocenters. The molecular weight excluding hydrogens is 284 g/mol. The predicted molar refractivity (Wildman–Crippen MR) is 97.1 cm³/mol. The third kappa shape index (κ3) is 4.33. The van der Waals surface area contributed by atoms with Crippen molar-refractivity contribution >= 4 is 6.08 Å². The number of hydrogen-bond acceptors (Lipinski definition) is 2. The Hall–Kier alpha value is -1.38. The van der Waals surface area contributed by atoms with E-state index in [1.807, 2.05) is 6.07 Å². The summed E-state index contributed by atoms with van der Waals surface area (Å²) in [6.07, 6.45) is 12.3. The Labute approximate surface area is 141 Å². The number of methoxy groups -OCH3 is 1. The maximum atomic E-state index is 6.30. The predicted octanol–water partition coefficient (Wildman–Crippen LogP) is 5.46. The molecule has 0 bridgehead atoms. The molecule has 0 saturated heterocycles. The Balaban J connectivity index is 2.22. The van der Waals surface area contributed by atoms with Crippen molar-refractivity contribution < 1.29 is 9.47 Å².